The summed E-state index contributed by atoms with van der Waals surface area (Å²) in [4.78, 5) is 10.6. The standard InChI is InChI=1S/C12H15NO2.Na/c14-12(15)11-3-1-9(2-4-11)10-5-7-13-8-6-10;/h1-4,10,13H,5-8H2,(H,14,15);/q;+1/p-1. The van der Waals surface area contributed by atoms with E-state index >= 15 is 0 Å². The summed E-state index contributed by atoms with van der Waals surface area (Å²) >= 11 is 0. The molecule has 0 aliphatic carbocycles. The SMILES string of the molecule is O=C([O-])c1ccc(C2CCNCC2)cc1.[Na+]. The molecule has 1 heterocycles. The Kier molecular flexibility index (Phi) is 5.49. The third kappa shape index (κ3) is 3.32. The molecule has 0 spiro atoms. The fraction of sp³-hybridized carbons (Fsp3) is 0.417. The second kappa shape index (κ2) is 6.40. The van der Waals surface area contributed by atoms with Crippen molar-refractivity contribution in [1.29, 1.82) is 0 Å². The number of aromatic carboxylic acids is 1. The van der Waals surface area contributed by atoms with Crippen molar-refractivity contribution < 1.29 is 39.5 Å². The first-order valence-electron chi connectivity index (χ1n) is 5.29. The zero-order valence-corrected chi connectivity index (χ0v) is 11.5. The van der Waals surface area contributed by atoms with Crippen molar-refractivity contribution in [3.05, 3.63) is 35.4 Å². The van der Waals surface area contributed by atoms with Gasteiger partial charge in [0.15, 0.2) is 0 Å². The molecule has 1 aliphatic heterocycles. The molecule has 0 radical (unpaired) electrons. The molecule has 4 heteroatoms. The van der Waals surface area contributed by atoms with Gasteiger partial charge in [0.1, 0.15) is 0 Å². The van der Waals surface area contributed by atoms with E-state index in [0.717, 1.165) is 25.9 Å². The molecule has 0 unspecified atom stereocenters. The zero-order chi connectivity index (χ0) is 10.7. The van der Waals surface area contributed by atoms with E-state index in [4.69, 9.17) is 0 Å². The van der Waals surface area contributed by atoms with Gasteiger partial charge >= 0.3 is 29.6 Å². The molecule has 1 aromatic carbocycles. The molecule has 1 fully saturated rings. The summed E-state index contributed by atoms with van der Waals surface area (Å²) in [6, 6.07) is 7.07. The molecule has 1 aliphatic rings. The van der Waals surface area contributed by atoms with E-state index in [0.29, 0.717) is 5.92 Å². The van der Waals surface area contributed by atoms with Gasteiger partial charge in [0.05, 0.1) is 5.97 Å². The van der Waals surface area contributed by atoms with Crippen LogP contribution in [0.25, 0.3) is 0 Å². The number of rotatable bonds is 2. The number of carbonyl (C=O) groups is 1. The summed E-state index contributed by atoms with van der Waals surface area (Å²) in [5, 5.41) is 13.9. The van der Waals surface area contributed by atoms with Crippen LogP contribution in [-0.4, -0.2) is 19.1 Å². The maximum atomic E-state index is 10.6. The Labute approximate surface area is 118 Å². The van der Waals surface area contributed by atoms with Crippen molar-refractivity contribution in [2.75, 3.05) is 13.1 Å². The van der Waals surface area contributed by atoms with Crippen molar-refractivity contribution in [1.82, 2.24) is 5.32 Å². The smallest absolute Gasteiger partial charge is 0.545 e. The summed E-state index contributed by atoms with van der Waals surface area (Å²) in [7, 11) is 0. The molecule has 0 amide bonds. The van der Waals surface area contributed by atoms with Crippen LogP contribution < -0.4 is 40.0 Å². The second-order valence-electron chi connectivity index (χ2n) is 3.93. The third-order valence-corrected chi connectivity index (χ3v) is 2.96. The van der Waals surface area contributed by atoms with Gasteiger partial charge < -0.3 is 15.2 Å². The first kappa shape index (κ1) is 13.7. The number of hydrogen-bond donors (Lipinski definition) is 1. The van der Waals surface area contributed by atoms with Crippen LogP contribution in [0.15, 0.2) is 24.3 Å². The Morgan fingerprint density at radius 1 is 1.19 bits per heavy atom. The molecule has 1 saturated heterocycles. The molecule has 0 atom stereocenters. The van der Waals surface area contributed by atoms with Crippen LogP contribution in [-0.2, 0) is 0 Å². The Balaban J connectivity index is 0.00000128. The number of carboxylic acid groups (broad SMARTS) is 1. The number of carbonyl (C=O) groups excluding carboxylic acids is 1. The summed E-state index contributed by atoms with van der Waals surface area (Å²) in [5.74, 6) is -0.533. The van der Waals surface area contributed by atoms with Gasteiger partial charge in [-0.25, -0.2) is 0 Å². The Morgan fingerprint density at radius 2 is 1.75 bits per heavy atom. The molecular weight excluding hydrogens is 213 g/mol. The maximum absolute atomic E-state index is 10.6. The molecular formula is C12H14NNaO2. The Morgan fingerprint density at radius 3 is 2.25 bits per heavy atom. The average molecular weight is 227 g/mol. The van der Waals surface area contributed by atoms with Gasteiger partial charge in [-0.3, -0.25) is 0 Å². The van der Waals surface area contributed by atoms with Crippen LogP contribution in [0.4, 0.5) is 0 Å². The molecule has 1 aromatic rings. The van der Waals surface area contributed by atoms with Crippen LogP contribution in [0.5, 0.6) is 0 Å². The molecule has 2 rings (SSSR count). The van der Waals surface area contributed by atoms with Crippen molar-refractivity contribution in [2.24, 2.45) is 0 Å². The monoisotopic (exact) mass is 227 g/mol. The van der Waals surface area contributed by atoms with E-state index < -0.39 is 5.97 Å². The summed E-state index contributed by atoms with van der Waals surface area (Å²) in [6.45, 7) is 2.10. The number of piperidine rings is 1. The average Bonchev–Trinajstić information content (AvgIpc) is 2.30. The second-order valence-corrected chi connectivity index (χ2v) is 3.93. The number of benzene rings is 1. The van der Waals surface area contributed by atoms with Gasteiger partial charge in [-0.1, -0.05) is 24.3 Å². The van der Waals surface area contributed by atoms with Crippen molar-refractivity contribution in [3.63, 3.8) is 0 Å². The molecule has 3 nitrogen and oxygen atoms in total. The quantitative estimate of drug-likeness (QED) is 0.569. The van der Waals surface area contributed by atoms with Crippen LogP contribution in [0, 0.1) is 0 Å². The first-order chi connectivity index (χ1) is 7.27. The van der Waals surface area contributed by atoms with Crippen molar-refractivity contribution in [2.45, 2.75) is 18.8 Å². The predicted octanol–water partition coefficient (Wildman–Crippen LogP) is -2.48. The fourth-order valence-electron chi connectivity index (χ4n) is 2.05. The van der Waals surface area contributed by atoms with Crippen LogP contribution in [0.2, 0.25) is 0 Å². The van der Waals surface area contributed by atoms with Crippen LogP contribution in [0.3, 0.4) is 0 Å². The van der Waals surface area contributed by atoms with Gasteiger partial charge in [-0.05, 0) is 43.0 Å². The Hall–Kier alpha value is -0.350. The summed E-state index contributed by atoms with van der Waals surface area (Å²) < 4.78 is 0. The molecule has 16 heavy (non-hydrogen) atoms. The minimum absolute atomic E-state index is 0. The minimum Gasteiger partial charge on any atom is -0.545 e. The van der Waals surface area contributed by atoms with E-state index in [-0.39, 0.29) is 35.1 Å². The van der Waals surface area contributed by atoms with E-state index in [9.17, 15) is 9.90 Å². The van der Waals surface area contributed by atoms with E-state index in [1.54, 1.807) is 12.1 Å². The van der Waals surface area contributed by atoms with Gasteiger partial charge in [-0.15, -0.1) is 0 Å². The summed E-state index contributed by atoms with van der Waals surface area (Å²) in [5.41, 5.74) is 1.49. The van der Waals surface area contributed by atoms with E-state index in [1.807, 2.05) is 12.1 Å². The maximum Gasteiger partial charge on any atom is 1.00 e. The van der Waals surface area contributed by atoms with Gasteiger partial charge in [0, 0.05) is 0 Å². The topological polar surface area (TPSA) is 52.2 Å². The minimum atomic E-state index is -1.10. The Bertz CT molecular complexity index is 345. The number of carboxylic acids is 1. The molecule has 0 saturated carbocycles. The number of nitrogens with one attached hydrogen (secondary N) is 1. The third-order valence-electron chi connectivity index (χ3n) is 2.96. The summed E-state index contributed by atoms with van der Waals surface area (Å²) in [6.07, 6.45) is 2.26. The predicted molar refractivity (Wildman–Crippen MR) is 55.6 cm³/mol. The molecule has 80 valence electrons. The van der Waals surface area contributed by atoms with Gasteiger partial charge in [0.25, 0.3) is 0 Å². The fourth-order valence-corrected chi connectivity index (χ4v) is 2.05. The number of hydrogen-bond acceptors (Lipinski definition) is 3. The van der Waals surface area contributed by atoms with Gasteiger partial charge in [0.2, 0.25) is 0 Å². The van der Waals surface area contributed by atoms with Crippen LogP contribution in [0.1, 0.15) is 34.7 Å². The van der Waals surface area contributed by atoms with Gasteiger partial charge in [-0.2, -0.15) is 0 Å². The zero-order valence-electron chi connectivity index (χ0n) is 9.53. The van der Waals surface area contributed by atoms with Crippen molar-refractivity contribution in [3.8, 4) is 0 Å². The van der Waals surface area contributed by atoms with Crippen LogP contribution >= 0.6 is 0 Å². The molecule has 0 bridgehead atoms. The largest absolute Gasteiger partial charge is 1.00 e. The van der Waals surface area contributed by atoms with E-state index in [1.165, 1.54) is 5.56 Å². The van der Waals surface area contributed by atoms with E-state index in [2.05, 4.69) is 5.32 Å². The molecule has 1 N–H and O–H groups in total. The van der Waals surface area contributed by atoms with Crippen molar-refractivity contribution >= 4 is 5.97 Å². The molecule has 0 aromatic heterocycles. The normalized spacial score (nSPS) is 16.5. The first-order valence-corrected chi connectivity index (χ1v) is 5.29.